The van der Waals surface area contributed by atoms with Crippen LogP contribution in [0, 0.1) is 12.7 Å². The molecule has 0 amide bonds. The molecular weight excluding hydrogens is 361 g/mol. The molecule has 0 saturated heterocycles. The molecule has 0 bridgehead atoms. The van der Waals surface area contributed by atoms with E-state index in [4.69, 9.17) is 23.8 Å². The zero-order valence-corrected chi connectivity index (χ0v) is 14.3. The van der Waals surface area contributed by atoms with Crippen molar-refractivity contribution >= 4 is 44.6 Å². The molecule has 23 heavy (non-hydrogen) atoms. The average Bonchev–Trinajstić information content (AvgIpc) is 2.50. The first-order valence-electron chi connectivity index (χ1n) is 6.38. The van der Waals surface area contributed by atoms with Crippen molar-refractivity contribution in [3.8, 4) is 0 Å². The lowest BCUT2D eigenvalue weighted by molar-refractivity contribution is 0.578. The molecule has 2 aromatic carbocycles. The quantitative estimate of drug-likeness (QED) is 0.567. The minimum absolute atomic E-state index is 0.0108. The zero-order valence-electron chi connectivity index (χ0n) is 11.9. The fourth-order valence-corrected chi connectivity index (χ4v) is 2.89. The van der Waals surface area contributed by atoms with Crippen LogP contribution >= 0.6 is 23.8 Å². The number of hydrogen-bond donors (Lipinski definition) is 3. The van der Waals surface area contributed by atoms with Gasteiger partial charge in [-0.3, -0.25) is 5.43 Å². The standard InChI is InChI=1S/C14H13ClFN3O2S2/c1-9-2-5-11(6-3-9)23(20,21)19-18-14(22)17-10-4-7-13(16)12(15)8-10/h2-8,19H,1H3,(H2,17,18,22). The van der Waals surface area contributed by atoms with Crippen LogP contribution in [0.15, 0.2) is 47.4 Å². The van der Waals surface area contributed by atoms with Crippen LogP contribution in [-0.4, -0.2) is 13.5 Å². The second-order valence-corrected chi connectivity index (χ2v) is 7.12. The van der Waals surface area contributed by atoms with Gasteiger partial charge in [0.1, 0.15) is 5.82 Å². The summed E-state index contributed by atoms with van der Waals surface area (Å²) in [5.41, 5.74) is 3.73. The van der Waals surface area contributed by atoms with E-state index in [0.29, 0.717) is 5.69 Å². The van der Waals surface area contributed by atoms with Crippen molar-refractivity contribution in [3.63, 3.8) is 0 Å². The Bertz CT molecular complexity index is 826. The van der Waals surface area contributed by atoms with Gasteiger partial charge in [-0.2, -0.15) is 0 Å². The van der Waals surface area contributed by atoms with Gasteiger partial charge in [-0.15, -0.1) is 4.83 Å². The number of nitrogens with one attached hydrogen (secondary N) is 3. The molecule has 0 heterocycles. The highest BCUT2D eigenvalue weighted by Gasteiger charge is 2.13. The molecular formula is C14H13ClFN3O2S2. The van der Waals surface area contributed by atoms with Crippen molar-refractivity contribution < 1.29 is 12.8 Å². The maximum atomic E-state index is 13.1. The molecule has 2 rings (SSSR count). The van der Waals surface area contributed by atoms with Gasteiger partial charge in [-0.05, 0) is 49.5 Å². The first kappa shape index (κ1) is 17.6. The molecule has 0 unspecified atom stereocenters. The average molecular weight is 374 g/mol. The molecule has 0 aliphatic carbocycles. The first-order valence-corrected chi connectivity index (χ1v) is 8.65. The zero-order chi connectivity index (χ0) is 17.0. The lowest BCUT2D eigenvalue weighted by Gasteiger charge is -2.12. The molecule has 0 aliphatic heterocycles. The Balaban J connectivity index is 1.98. The van der Waals surface area contributed by atoms with Crippen LogP contribution in [0.2, 0.25) is 5.02 Å². The Morgan fingerprint density at radius 3 is 2.43 bits per heavy atom. The van der Waals surface area contributed by atoms with E-state index in [9.17, 15) is 12.8 Å². The molecule has 5 nitrogen and oxygen atoms in total. The number of hydrazine groups is 1. The van der Waals surface area contributed by atoms with Crippen molar-refractivity contribution in [3.05, 3.63) is 58.9 Å². The Labute approximate surface area is 143 Å². The van der Waals surface area contributed by atoms with Crippen LogP contribution < -0.4 is 15.6 Å². The largest absolute Gasteiger partial charge is 0.332 e. The third-order valence-corrected chi connectivity index (χ3v) is 4.57. The summed E-state index contributed by atoms with van der Waals surface area (Å²) < 4.78 is 37.2. The maximum Gasteiger partial charge on any atom is 0.257 e. The van der Waals surface area contributed by atoms with Gasteiger partial charge >= 0.3 is 0 Å². The highest BCUT2D eigenvalue weighted by Crippen LogP contribution is 2.19. The number of hydrogen-bond acceptors (Lipinski definition) is 3. The first-order chi connectivity index (χ1) is 10.8. The van der Waals surface area contributed by atoms with Crippen molar-refractivity contribution in [1.29, 1.82) is 0 Å². The van der Waals surface area contributed by atoms with Crippen molar-refractivity contribution in [2.75, 3.05) is 5.32 Å². The summed E-state index contributed by atoms with van der Waals surface area (Å²) in [6.07, 6.45) is 0. The summed E-state index contributed by atoms with van der Waals surface area (Å²) in [7, 11) is -3.75. The molecule has 0 atom stereocenters. The SMILES string of the molecule is Cc1ccc(S(=O)(=O)NNC(=S)Nc2ccc(F)c(Cl)c2)cc1. The van der Waals surface area contributed by atoms with Gasteiger partial charge in [0.2, 0.25) is 0 Å². The minimum Gasteiger partial charge on any atom is -0.332 e. The van der Waals surface area contributed by atoms with E-state index in [2.05, 4.69) is 15.6 Å². The van der Waals surface area contributed by atoms with Crippen LogP contribution in [0.3, 0.4) is 0 Å². The molecule has 0 spiro atoms. The maximum absolute atomic E-state index is 13.1. The summed E-state index contributed by atoms with van der Waals surface area (Å²) in [5.74, 6) is -0.559. The van der Waals surface area contributed by atoms with Crippen molar-refractivity contribution in [1.82, 2.24) is 10.3 Å². The fraction of sp³-hybridized carbons (Fsp3) is 0.0714. The number of anilines is 1. The summed E-state index contributed by atoms with van der Waals surface area (Å²) >= 11 is 10.6. The van der Waals surface area contributed by atoms with Gasteiger partial charge in [-0.1, -0.05) is 29.3 Å². The predicted octanol–water partition coefficient (Wildman–Crippen LogP) is 2.97. The van der Waals surface area contributed by atoms with Crippen LogP contribution in [0.25, 0.3) is 0 Å². The molecule has 0 aromatic heterocycles. The number of sulfonamides is 1. The lowest BCUT2D eigenvalue weighted by Crippen LogP contribution is -2.43. The van der Waals surface area contributed by atoms with Gasteiger partial charge in [0.25, 0.3) is 10.0 Å². The molecule has 122 valence electrons. The van der Waals surface area contributed by atoms with Crippen LogP contribution in [-0.2, 0) is 10.0 Å². The molecule has 3 N–H and O–H groups in total. The van der Waals surface area contributed by atoms with E-state index in [1.165, 1.54) is 30.3 Å². The third kappa shape index (κ3) is 4.87. The number of aryl methyl sites for hydroxylation is 1. The molecule has 0 saturated carbocycles. The van der Waals surface area contributed by atoms with E-state index in [0.717, 1.165) is 5.56 Å². The van der Waals surface area contributed by atoms with Gasteiger partial charge in [-0.25, -0.2) is 12.8 Å². The van der Waals surface area contributed by atoms with Gasteiger partial charge in [0.05, 0.1) is 9.92 Å². The second kappa shape index (κ2) is 7.22. The van der Waals surface area contributed by atoms with Gasteiger partial charge < -0.3 is 5.32 Å². The second-order valence-electron chi connectivity index (χ2n) is 4.63. The van der Waals surface area contributed by atoms with E-state index < -0.39 is 15.8 Å². The Morgan fingerprint density at radius 1 is 1.17 bits per heavy atom. The molecule has 0 aliphatic rings. The highest BCUT2D eigenvalue weighted by molar-refractivity contribution is 7.89. The molecule has 2 aromatic rings. The number of halogens is 2. The summed E-state index contributed by atoms with van der Waals surface area (Å²) in [5, 5.41) is 2.60. The summed E-state index contributed by atoms with van der Waals surface area (Å²) in [6.45, 7) is 1.86. The Morgan fingerprint density at radius 2 is 1.83 bits per heavy atom. The fourth-order valence-electron chi connectivity index (χ4n) is 1.63. The topological polar surface area (TPSA) is 70.2 Å². The summed E-state index contributed by atoms with van der Waals surface area (Å²) in [6, 6.07) is 10.3. The highest BCUT2D eigenvalue weighted by atomic mass is 35.5. The minimum atomic E-state index is -3.75. The third-order valence-electron chi connectivity index (χ3n) is 2.81. The van der Waals surface area contributed by atoms with E-state index in [-0.39, 0.29) is 15.0 Å². The normalized spacial score (nSPS) is 11.1. The number of benzene rings is 2. The predicted molar refractivity (Wildman–Crippen MR) is 92.3 cm³/mol. The van der Waals surface area contributed by atoms with Gasteiger partial charge in [0, 0.05) is 5.69 Å². The smallest absolute Gasteiger partial charge is 0.257 e. The summed E-state index contributed by atoms with van der Waals surface area (Å²) in [4.78, 5) is 2.25. The van der Waals surface area contributed by atoms with Gasteiger partial charge in [0.15, 0.2) is 5.11 Å². The monoisotopic (exact) mass is 373 g/mol. The van der Waals surface area contributed by atoms with Crippen LogP contribution in [0.5, 0.6) is 0 Å². The van der Waals surface area contributed by atoms with E-state index >= 15 is 0 Å². The molecule has 0 fully saturated rings. The van der Waals surface area contributed by atoms with Crippen molar-refractivity contribution in [2.24, 2.45) is 0 Å². The Kier molecular flexibility index (Phi) is 5.53. The van der Waals surface area contributed by atoms with Crippen LogP contribution in [0.4, 0.5) is 10.1 Å². The van der Waals surface area contributed by atoms with E-state index in [1.54, 1.807) is 12.1 Å². The van der Waals surface area contributed by atoms with Crippen molar-refractivity contribution in [2.45, 2.75) is 11.8 Å². The number of thiocarbonyl (C=S) groups is 1. The van der Waals surface area contributed by atoms with E-state index in [1.807, 2.05) is 6.92 Å². The Hall–Kier alpha value is -1.74. The number of rotatable bonds is 4. The lowest BCUT2D eigenvalue weighted by atomic mass is 10.2. The molecule has 0 radical (unpaired) electrons. The van der Waals surface area contributed by atoms with Crippen LogP contribution in [0.1, 0.15) is 5.56 Å². The molecule has 9 heteroatoms.